The summed E-state index contributed by atoms with van der Waals surface area (Å²) in [4.78, 5) is 20.7. The van der Waals surface area contributed by atoms with Crippen LogP contribution in [-0.2, 0) is 0 Å². The minimum atomic E-state index is -2.70. The molecule has 0 saturated heterocycles. The molecule has 26 heavy (non-hydrogen) atoms. The number of alkyl halides is 2. The number of amides is 1. The van der Waals surface area contributed by atoms with Gasteiger partial charge < -0.3 is 9.88 Å². The number of aromatic amines is 1. The lowest BCUT2D eigenvalue weighted by atomic mass is 10.1. The van der Waals surface area contributed by atoms with E-state index in [2.05, 4.69) is 9.97 Å². The number of carbonyl (C=O) groups excluding carboxylic acids is 1. The molecule has 0 aliphatic rings. The van der Waals surface area contributed by atoms with Crippen LogP contribution >= 0.6 is 23.2 Å². The van der Waals surface area contributed by atoms with Crippen molar-refractivity contribution in [2.24, 2.45) is 0 Å². The van der Waals surface area contributed by atoms with Gasteiger partial charge in [-0.2, -0.15) is 0 Å². The topological polar surface area (TPSA) is 49.0 Å². The van der Waals surface area contributed by atoms with Crippen LogP contribution in [0.15, 0.2) is 36.4 Å². The highest BCUT2D eigenvalue weighted by atomic mass is 35.5. The van der Waals surface area contributed by atoms with Crippen LogP contribution in [0.25, 0.3) is 11.0 Å². The highest BCUT2D eigenvalue weighted by Gasteiger charge is 2.22. The fraction of sp³-hybridized carbons (Fsp3) is 0.222. The van der Waals surface area contributed by atoms with Crippen molar-refractivity contribution in [2.75, 3.05) is 7.05 Å². The first-order valence-corrected chi connectivity index (χ1v) is 8.53. The zero-order valence-electron chi connectivity index (χ0n) is 13.9. The van der Waals surface area contributed by atoms with E-state index >= 15 is 0 Å². The normalized spacial score (nSPS) is 12.6. The molecule has 0 saturated carbocycles. The maximum absolute atomic E-state index is 12.8. The van der Waals surface area contributed by atoms with E-state index in [9.17, 15) is 13.6 Å². The maximum atomic E-state index is 12.8. The second-order valence-corrected chi connectivity index (χ2v) is 6.76. The molecule has 2 aromatic carbocycles. The molecule has 8 heteroatoms. The number of carbonyl (C=O) groups is 1. The molecule has 0 aliphatic carbocycles. The molecule has 1 aromatic heterocycles. The molecule has 0 spiro atoms. The molecular formula is C18H15Cl2F2N3O. The summed E-state index contributed by atoms with van der Waals surface area (Å²) in [5.41, 5.74) is 1.89. The number of hydrogen-bond acceptors (Lipinski definition) is 2. The lowest BCUT2D eigenvalue weighted by Crippen LogP contribution is -2.29. The van der Waals surface area contributed by atoms with E-state index in [1.165, 1.54) is 11.0 Å². The second kappa shape index (κ2) is 7.21. The van der Waals surface area contributed by atoms with Crippen molar-refractivity contribution in [1.82, 2.24) is 14.9 Å². The number of aromatic nitrogens is 2. The molecule has 0 aliphatic heterocycles. The Hall–Kier alpha value is -2.18. The van der Waals surface area contributed by atoms with Gasteiger partial charge in [0.1, 0.15) is 0 Å². The first-order chi connectivity index (χ1) is 12.3. The molecule has 1 atom stereocenters. The van der Waals surface area contributed by atoms with Gasteiger partial charge in [-0.1, -0.05) is 29.3 Å². The number of hydrogen-bond donors (Lipinski definition) is 1. The Labute approximate surface area is 158 Å². The Bertz CT molecular complexity index is 974. The molecule has 1 heterocycles. The average molecular weight is 398 g/mol. The fourth-order valence-corrected chi connectivity index (χ4v) is 3.26. The van der Waals surface area contributed by atoms with Crippen molar-refractivity contribution < 1.29 is 13.6 Å². The van der Waals surface area contributed by atoms with E-state index in [4.69, 9.17) is 23.2 Å². The number of H-pyrrole nitrogens is 1. The van der Waals surface area contributed by atoms with Crippen LogP contribution in [-0.4, -0.2) is 27.8 Å². The van der Waals surface area contributed by atoms with E-state index in [1.807, 2.05) is 6.92 Å². The van der Waals surface area contributed by atoms with E-state index in [0.29, 0.717) is 26.6 Å². The second-order valence-electron chi connectivity index (χ2n) is 5.91. The number of nitrogens with zero attached hydrogens (tertiary/aromatic N) is 2. The SMILES string of the molecule is CC(c1ccc(Cl)cc1Cl)N(C)C(=O)c1ccc2nc(C(F)F)[nH]c2c1. The van der Waals surface area contributed by atoms with Gasteiger partial charge in [-0.05, 0) is 42.8 Å². The van der Waals surface area contributed by atoms with Gasteiger partial charge in [-0.25, -0.2) is 13.8 Å². The zero-order valence-corrected chi connectivity index (χ0v) is 15.4. The largest absolute Gasteiger partial charge is 0.337 e. The van der Waals surface area contributed by atoms with Crippen LogP contribution in [0.4, 0.5) is 8.78 Å². The van der Waals surface area contributed by atoms with Gasteiger partial charge in [-0.3, -0.25) is 4.79 Å². The van der Waals surface area contributed by atoms with Crippen molar-refractivity contribution in [1.29, 1.82) is 0 Å². The van der Waals surface area contributed by atoms with E-state index < -0.39 is 12.2 Å². The summed E-state index contributed by atoms with van der Waals surface area (Å²) in [6.07, 6.45) is -2.70. The van der Waals surface area contributed by atoms with Gasteiger partial charge in [0.15, 0.2) is 5.82 Å². The molecular weight excluding hydrogens is 383 g/mol. The first-order valence-electron chi connectivity index (χ1n) is 7.78. The van der Waals surface area contributed by atoms with E-state index in [1.54, 1.807) is 37.4 Å². The Morgan fingerprint density at radius 3 is 2.58 bits per heavy atom. The minimum absolute atomic E-state index is 0.265. The van der Waals surface area contributed by atoms with Gasteiger partial charge in [0, 0.05) is 22.7 Å². The van der Waals surface area contributed by atoms with Gasteiger partial charge in [0.2, 0.25) is 0 Å². The Kier molecular flexibility index (Phi) is 5.16. The number of imidazole rings is 1. The fourth-order valence-electron chi connectivity index (χ4n) is 2.69. The molecule has 0 bridgehead atoms. The smallest absolute Gasteiger partial charge is 0.295 e. The lowest BCUT2D eigenvalue weighted by molar-refractivity contribution is 0.0743. The lowest BCUT2D eigenvalue weighted by Gasteiger charge is -2.26. The number of benzene rings is 2. The molecule has 0 radical (unpaired) electrons. The summed E-state index contributed by atoms with van der Waals surface area (Å²) in [5.74, 6) is -0.683. The first kappa shape index (κ1) is 18.6. The summed E-state index contributed by atoms with van der Waals surface area (Å²) in [5, 5.41) is 0.981. The number of halogens is 4. The molecule has 136 valence electrons. The Morgan fingerprint density at radius 2 is 1.92 bits per heavy atom. The standard InChI is InChI=1S/C18H15Cl2F2N3O/c1-9(12-5-4-11(19)8-13(12)20)25(2)18(26)10-3-6-14-15(7-10)24-17(23-14)16(21)22/h3-9,16H,1-2H3,(H,23,24). The molecule has 4 nitrogen and oxygen atoms in total. The average Bonchev–Trinajstić information content (AvgIpc) is 3.03. The quantitative estimate of drug-likeness (QED) is 0.618. The summed E-state index contributed by atoms with van der Waals surface area (Å²) >= 11 is 12.1. The summed E-state index contributed by atoms with van der Waals surface area (Å²) in [6, 6.07) is 9.42. The molecule has 1 unspecified atom stereocenters. The predicted octanol–water partition coefficient (Wildman–Crippen LogP) is 5.64. The zero-order chi connectivity index (χ0) is 19.0. The van der Waals surface area contributed by atoms with Gasteiger partial charge >= 0.3 is 0 Å². The van der Waals surface area contributed by atoms with Crippen LogP contribution < -0.4 is 0 Å². The highest BCUT2D eigenvalue weighted by Crippen LogP contribution is 2.30. The summed E-state index contributed by atoms with van der Waals surface area (Å²) < 4.78 is 25.5. The van der Waals surface area contributed by atoms with Crippen molar-refractivity contribution in [2.45, 2.75) is 19.4 Å². The molecule has 1 N–H and O–H groups in total. The van der Waals surface area contributed by atoms with Gasteiger partial charge in [-0.15, -0.1) is 0 Å². The third kappa shape index (κ3) is 3.52. The summed E-state index contributed by atoms with van der Waals surface area (Å²) in [6.45, 7) is 1.84. The van der Waals surface area contributed by atoms with Gasteiger partial charge in [0.25, 0.3) is 12.3 Å². The maximum Gasteiger partial charge on any atom is 0.295 e. The number of fused-ring (bicyclic) bond motifs is 1. The van der Waals surface area contributed by atoms with Crippen LogP contribution in [0.3, 0.4) is 0 Å². The van der Waals surface area contributed by atoms with Gasteiger partial charge in [0.05, 0.1) is 17.1 Å². The molecule has 3 aromatic rings. The third-order valence-electron chi connectivity index (χ3n) is 4.27. The minimum Gasteiger partial charge on any atom is -0.337 e. The van der Waals surface area contributed by atoms with Crippen molar-refractivity contribution in [3.8, 4) is 0 Å². The molecule has 1 amide bonds. The third-order valence-corrected chi connectivity index (χ3v) is 4.83. The number of nitrogens with one attached hydrogen (secondary N) is 1. The molecule has 0 fully saturated rings. The van der Waals surface area contributed by atoms with Crippen molar-refractivity contribution in [3.05, 3.63) is 63.4 Å². The van der Waals surface area contributed by atoms with E-state index in [0.717, 1.165) is 5.56 Å². The van der Waals surface area contributed by atoms with E-state index in [-0.39, 0.29) is 11.9 Å². The van der Waals surface area contributed by atoms with Crippen LogP contribution in [0, 0.1) is 0 Å². The summed E-state index contributed by atoms with van der Waals surface area (Å²) in [7, 11) is 1.65. The highest BCUT2D eigenvalue weighted by molar-refractivity contribution is 6.35. The predicted molar refractivity (Wildman–Crippen MR) is 98.0 cm³/mol. The van der Waals surface area contributed by atoms with Crippen molar-refractivity contribution in [3.63, 3.8) is 0 Å². The molecule has 3 rings (SSSR count). The van der Waals surface area contributed by atoms with Crippen molar-refractivity contribution >= 4 is 40.1 Å². The van der Waals surface area contributed by atoms with Crippen LogP contribution in [0.5, 0.6) is 0 Å². The monoisotopic (exact) mass is 397 g/mol. The van der Waals surface area contributed by atoms with Crippen LogP contribution in [0.2, 0.25) is 10.0 Å². The number of rotatable bonds is 4. The Balaban J connectivity index is 1.88. The Morgan fingerprint density at radius 1 is 1.19 bits per heavy atom. The van der Waals surface area contributed by atoms with Crippen LogP contribution in [0.1, 0.15) is 41.1 Å².